The van der Waals surface area contributed by atoms with E-state index in [1.165, 1.54) is 0 Å². The number of anilines is 1. The topological polar surface area (TPSA) is 59.2 Å². The maximum atomic E-state index is 11.8. The second-order valence-corrected chi connectivity index (χ2v) is 5.89. The second-order valence-electron chi connectivity index (χ2n) is 3.87. The van der Waals surface area contributed by atoms with E-state index in [0.717, 1.165) is 0 Å². The van der Waals surface area contributed by atoms with Gasteiger partial charge in [-0.1, -0.05) is 11.6 Å². The molecular weight excluding hydrogens is 373 g/mol. The molecule has 1 fully saturated rings. The highest BCUT2D eigenvalue weighted by Crippen LogP contribution is 2.37. The fraction of sp³-hybridized carbons (Fsp3) is 0.400. The lowest BCUT2D eigenvalue weighted by Gasteiger charge is -2.17. The van der Waals surface area contributed by atoms with E-state index in [-0.39, 0.29) is 11.8 Å². The molecule has 1 saturated heterocycles. The number of hydrogen-bond acceptors (Lipinski definition) is 3. The van der Waals surface area contributed by atoms with Crippen molar-refractivity contribution >= 4 is 55.2 Å². The van der Waals surface area contributed by atoms with Gasteiger partial charge in [-0.25, -0.2) is 4.98 Å². The number of rotatable bonds is 2. The van der Waals surface area contributed by atoms with Crippen molar-refractivity contribution in [2.24, 2.45) is 11.7 Å². The summed E-state index contributed by atoms with van der Waals surface area (Å²) in [6.45, 7) is 1.10. The molecule has 2 N–H and O–H groups in total. The summed E-state index contributed by atoms with van der Waals surface area (Å²) in [5, 5.41) is 0.513. The summed E-state index contributed by atoms with van der Waals surface area (Å²) in [5.74, 6) is 0.782. The van der Waals surface area contributed by atoms with Crippen molar-refractivity contribution in [3.05, 3.63) is 20.2 Å². The van der Waals surface area contributed by atoms with Crippen LogP contribution in [0.2, 0.25) is 5.02 Å². The molecule has 1 aromatic rings. The second kappa shape index (κ2) is 5.22. The molecule has 0 saturated carbocycles. The number of aromatic nitrogens is 1. The summed E-state index contributed by atoms with van der Waals surface area (Å²) in [5.41, 5.74) is 5.58. The molecule has 1 amide bonds. The Balaban J connectivity index is 2.35. The fourth-order valence-electron chi connectivity index (χ4n) is 1.77. The average Bonchev–Trinajstić information content (AvgIpc) is 2.68. The number of carbonyl (C=O) groups excluding carboxylic acids is 1. The van der Waals surface area contributed by atoms with E-state index >= 15 is 0 Å². The van der Waals surface area contributed by atoms with Gasteiger partial charge in [0.1, 0.15) is 0 Å². The zero-order valence-electron chi connectivity index (χ0n) is 8.79. The van der Waals surface area contributed by atoms with Gasteiger partial charge >= 0.3 is 0 Å². The van der Waals surface area contributed by atoms with Crippen LogP contribution in [0.15, 0.2) is 15.1 Å². The smallest absolute Gasteiger partial charge is 0.228 e. The molecule has 17 heavy (non-hydrogen) atoms. The lowest BCUT2D eigenvalue weighted by Crippen LogP contribution is -2.27. The molecule has 2 rings (SSSR count). The zero-order valence-corrected chi connectivity index (χ0v) is 12.7. The Kier molecular flexibility index (Phi) is 4.07. The molecule has 7 heteroatoms. The van der Waals surface area contributed by atoms with E-state index in [4.69, 9.17) is 17.3 Å². The molecule has 0 radical (unpaired) electrons. The first-order chi connectivity index (χ1) is 8.04. The average molecular weight is 383 g/mol. The van der Waals surface area contributed by atoms with Gasteiger partial charge in [0.25, 0.3) is 0 Å². The number of nitrogens with zero attached hydrogens (tertiary/aromatic N) is 2. The van der Waals surface area contributed by atoms with Gasteiger partial charge in [-0.05, 0) is 44.3 Å². The lowest BCUT2D eigenvalue weighted by molar-refractivity contribution is -0.117. The number of amides is 1. The minimum Gasteiger partial charge on any atom is -0.330 e. The van der Waals surface area contributed by atoms with Crippen LogP contribution in [0.4, 0.5) is 5.82 Å². The summed E-state index contributed by atoms with van der Waals surface area (Å²) in [7, 11) is 0. The normalized spacial score (nSPS) is 20.1. The van der Waals surface area contributed by atoms with Crippen molar-refractivity contribution < 1.29 is 4.79 Å². The predicted octanol–water partition coefficient (Wildman–Crippen LogP) is 2.57. The first-order valence-electron chi connectivity index (χ1n) is 5.04. The quantitative estimate of drug-likeness (QED) is 0.854. The molecule has 0 aromatic carbocycles. The van der Waals surface area contributed by atoms with E-state index in [1.807, 2.05) is 0 Å². The minimum atomic E-state index is 0.0343. The highest BCUT2D eigenvalue weighted by Gasteiger charge is 2.32. The third-order valence-corrected chi connectivity index (χ3v) is 4.89. The number of carbonyl (C=O) groups is 1. The van der Waals surface area contributed by atoms with Gasteiger partial charge in [0, 0.05) is 19.2 Å². The summed E-state index contributed by atoms with van der Waals surface area (Å²) >= 11 is 12.7. The first kappa shape index (κ1) is 13.3. The van der Waals surface area contributed by atoms with Crippen LogP contribution in [0.1, 0.15) is 6.42 Å². The van der Waals surface area contributed by atoms with E-state index < -0.39 is 0 Å². The van der Waals surface area contributed by atoms with Gasteiger partial charge in [-0.2, -0.15) is 0 Å². The Morgan fingerprint density at radius 1 is 1.59 bits per heavy atom. The molecule has 1 aliphatic heterocycles. The lowest BCUT2D eigenvalue weighted by atomic mass is 10.1. The summed E-state index contributed by atoms with van der Waals surface area (Å²) in [6, 6.07) is 0. The molecule has 4 nitrogen and oxygen atoms in total. The molecule has 1 atom stereocenters. The van der Waals surface area contributed by atoms with Gasteiger partial charge in [-0.15, -0.1) is 0 Å². The highest BCUT2D eigenvalue weighted by molar-refractivity contribution is 9.11. The Bertz CT molecular complexity index is 469. The largest absolute Gasteiger partial charge is 0.330 e. The number of pyridine rings is 1. The first-order valence-corrected chi connectivity index (χ1v) is 7.01. The van der Waals surface area contributed by atoms with Crippen molar-refractivity contribution in [1.82, 2.24) is 4.98 Å². The van der Waals surface area contributed by atoms with Gasteiger partial charge < -0.3 is 5.73 Å². The van der Waals surface area contributed by atoms with Crippen LogP contribution in [-0.2, 0) is 4.79 Å². The summed E-state index contributed by atoms with van der Waals surface area (Å²) in [6.07, 6.45) is 2.06. The van der Waals surface area contributed by atoms with Crippen molar-refractivity contribution in [2.75, 3.05) is 18.0 Å². The number of nitrogens with two attached hydrogens (primary N) is 1. The molecule has 1 unspecified atom stereocenters. The van der Waals surface area contributed by atoms with Crippen LogP contribution in [0, 0.1) is 5.92 Å². The Morgan fingerprint density at radius 2 is 2.29 bits per heavy atom. The highest BCUT2D eigenvalue weighted by atomic mass is 79.9. The third-order valence-electron chi connectivity index (χ3n) is 2.69. The molecule has 0 bridgehead atoms. The summed E-state index contributed by atoms with van der Waals surface area (Å²) < 4.78 is 1.32. The van der Waals surface area contributed by atoms with Crippen LogP contribution in [0.5, 0.6) is 0 Å². The third kappa shape index (κ3) is 2.50. The molecular formula is C10H10Br2ClN3O. The van der Waals surface area contributed by atoms with Crippen molar-refractivity contribution in [3.63, 3.8) is 0 Å². The van der Waals surface area contributed by atoms with Crippen LogP contribution < -0.4 is 10.6 Å². The van der Waals surface area contributed by atoms with Gasteiger partial charge in [0.15, 0.2) is 5.82 Å². The van der Waals surface area contributed by atoms with Crippen LogP contribution in [-0.4, -0.2) is 24.0 Å². The van der Waals surface area contributed by atoms with E-state index in [0.29, 0.717) is 39.3 Å². The maximum absolute atomic E-state index is 11.8. The zero-order chi connectivity index (χ0) is 12.6. The van der Waals surface area contributed by atoms with E-state index in [2.05, 4.69) is 36.8 Å². The van der Waals surface area contributed by atoms with E-state index in [1.54, 1.807) is 11.1 Å². The maximum Gasteiger partial charge on any atom is 0.228 e. The minimum absolute atomic E-state index is 0.0343. The monoisotopic (exact) mass is 381 g/mol. The fourth-order valence-corrected chi connectivity index (χ4v) is 3.00. The van der Waals surface area contributed by atoms with Gasteiger partial charge in [0.2, 0.25) is 5.91 Å². The molecule has 2 heterocycles. The molecule has 0 aliphatic carbocycles. The van der Waals surface area contributed by atoms with Gasteiger partial charge in [-0.3, -0.25) is 9.69 Å². The van der Waals surface area contributed by atoms with Crippen molar-refractivity contribution in [2.45, 2.75) is 6.42 Å². The summed E-state index contributed by atoms with van der Waals surface area (Å²) in [4.78, 5) is 17.7. The Hall–Kier alpha value is -0.170. The van der Waals surface area contributed by atoms with Crippen LogP contribution in [0.25, 0.3) is 0 Å². The SMILES string of the molecule is NCC1CC(=O)N(c2ncc(Br)c(Cl)c2Br)C1. The Labute approximate surface area is 121 Å². The van der Waals surface area contributed by atoms with Gasteiger partial charge in [0.05, 0.1) is 14.0 Å². The van der Waals surface area contributed by atoms with Crippen LogP contribution in [0.3, 0.4) is 0 Å². The van der Waals surface area contributed by atoms with Crippen LogP contribution >= 0.6 is 43.5 Å². The molecule has 1 aromatic heterocycles. The van der Waals surface area contributed by atoms with Crippen molar-refractivity contribution in [1.29, 1.82) is 0 Å². The van der Waals surface area contributed by atoms with Crippen molar-refractivity contribution in [3.8, 4) is 0 Å². The molecule has 92 valence electrons. The Morgan fingerprint density at radius 3 is 2.88 bits per heavy atom. The molecule has 0 spiro atoms. The predicted molar refractivity (Wildman–Crippen MR) is 74.2 cm³/mol. The number of hydrogen-bond donors (Lipinski definition) is 1. The number of halogens is 3. The molecule has 1 aliphatic rings. The standard InChI is InChI=1S/C10H10Br2ClN3O/c11-6-3-15-10(8(12)9(6)13)16-4-5(2-14)1-7(16)17/h3,5H,1-2,4,14H2. The van der Waals surface area contributed by atoms with E-state index in [9.17, 15) is 4.79 Å².